The number of nitrogens with zero attached hydrogens (tertiary/aromatic N) is 4. The van der Waals surface area contributed by atoms with Crippen molar-refractivity contribution in [3.05, 3.63) is 144 Å². The standard InChI is InChI=1S/4C19H28NO3.CH4/c4*1-20(2)13-12-17(14-20)23-18(21)19(22,16-10-6-7-11-16)15-8-4-3-5-9-15;/h4*3-5,8-9,16-17,22H,6-7,10-14H2,1-2H3;1H4/q4*+1;/t2*17-,19+;2*17-,19-;/m1010./s1. The van der Waals surface area contributed by atoms with Gasteiger partial charge in [-0.2, -0.15) is 0 Å². The van der Waals surface area contributed by atoms with Gasteiger partial charge in [-0.05, 0) is 73.6 Å². The third kappa shape index (κ3) is 17.7. The molecule has 0 unspecified atom stereocenters. The number of carbonyl (C=O) groups excluding carboxylic acids is 4. The molecular formula is C77H116N4O12+4. The maximum absolute atomic E-state index is 12.9. The molecule has 4 aromatic carbocycles. The van der Waals surface area contributed by atoms with Gasteiger partial charge in [-0.3, -0.25) is 0 Å². The Labute approximate surface area is 556 Å². The fourth-order valence-corrected chi connectivity index (χ4v) is 16.5. The van der Waals surface area contributed by atoms with E-state index in [-0.39, 0.29) is 55.5 Å². The van der Waals surface area contributed by atoms with Crippen LogP contribution in [-0.2, 0) is 60.5 Å². The number of rotatable bonds is 16. The fourth-order valence-electron chi connectivity index (χ4n) is 16.5. The fraction of sp³-hybridized carbons (Fsp3) is 0.636. The minimum absolute atomic E-state index is 0. The highest BCUT2D eigenvalue weighted by atomic mass is 16.6. The van der Waals surface area contributed by atoms with E-state index in [1.54, 1.807) is 0 Å². The Morgan fingerprint density at radius 2 is 0.462 bits per heavy atom. The van der Waals surface area contributed by atoms with Crippen molar-refractivity contribution >= 4 is 23.9 Å². The van der Waals surface area contributed by atoms with E-state index >= 15 is 0 Å². The molecule has 16 heteroatoms. The van der Waals surface area contributed by atoms with Gasteiger partial charge in [-0.1, -0.05) is 180 Å². The molecule has 4 aliphatic carbocycles. The smallest absolute Gasteiger partial charge is 0.343 e. The lowest BCUT2D eigenvalue weighted by Gasteiger charge is -2.33. The molecule has 8 aliphatic rings. The Balaban J connectivity index is 0.000000159. The number of quaternary nitrogens is 4. The van der Waals surface area contributed by atoms with Crippen LogP contribution in [0.15, 0.2) is 121 Å². The largest absolute Gasteiger partial charge is 0.454 e. The number of esters is 4. The summed E-state index contributed by atoms with van der Waals surface area (Å²) in [6.07, 6.45) is 18.7. The van der Waals surface area contributed by atoms with Crippen molar-refractivity contribution in [3.8, 4) is 0 Å². The molecule has 0 radical (unpaired) electrons. The second-order valence-corrected chi connectivity index (χ2v) is 31.1. The first kappa shape index (κ1) is 73.3. The van der Waals surface area contributed by atoms with Crippen LogP contribution < -0.4 is 0 Å². The molecule has 512 valence electrons. The van der Waals surface area contributed by atoms with Crippen LogP contribution in [0.2, 0.25) is 0 Å². The van der Waals surface area contributed by atoms with Crippen LogP contribution in [-0.4, -0.2) is 195 Å². The maximum Gasteiger partial charge on any atom is 0.343 e. The topological polar surface area (TPSA) is 186 Å². The molecule has 8 fully saturated rings. The van der Waals surface area contributed by atoms with E-state index in [4.69, 9.17) is 18.9 Å². The molecule has 4 heterocycles. The van der Waals surface area contributed by atoms with Crippen LogP contribution in [0.3, 0.4) is 0 Å². The van der Waals surface area contributed by atoms with Gasteiger partial charge in [0.05, 0.1) is 82.6 Å². The molecule has 0 amide bonds. The van der Waals surface area contributed by atoms with Gasteiger partial charge in [0.15, 0.2) is 46.8 Å². The van der Waals surface area contributed by atoms with E-state index in [2.05, 4.69) is 56.4 Å². The zero-order valence-electron chi connectivity index (χ0n) is 56.8. The summed E-state index contributed by atoms with van der Waals surface area (Å²) in [5, 5.41) is 45.4. The van der Waals surface area contributed by atoms with Crippen molar-refractivity contribution in [1.82, 2.24) is 0 Å². The molecule has 4 N–H and O–H groups in total. The molecule has 0 spiro atoms. The quantitative estimate of drug-likeness (QED) is 0.0473. The van der Waals surface area contributed by atoms with Gasteiger partial charge in [-0.15, -0.1) is 0 Å². The first-order chi connectivity index (χ1) is 43.7. The van der Waals surface area contributed by atoms with Gasteiger partial charge in [0.1, 0.15) is 26.2 Å². The average molecular weight is 1290 g/mol. The zero-order valence-corrected chi connectivity index (χ0v) is 56.8. The monoisotopic (exact) mass is 1290 g/mol. The molecule has 16 nitrogen and oxygen atoms in total. The number of likely N-dealkylation sites (N-methyl/N-ethyl adjacent to an activating group) is 4. The first-order valence-corrected chi connectivity index (χ1v) is 34.9. The Bertz CT molecular complexity index is 2610. The Kier molecular flexibility index (Phi) is 24.5. The number of carbonyl (C=O) groups is 4. The molecule has 0 bridgehead atoms. The van der Waals surface area contributed by atoms with E-state index in [1.807, 2.05) is 121 Å². The maximum atomic E-state index is 12.9. The normalized spacial score (nSPS) is 26.5. The summed E-state index contributed by atoms with van der Waals surface area (Å²) in [5.74, 6) is -1.99. The third-order valence-corrected chi connectivity index (χ3v) is 22.0. The Morgan fingerprint density at radius 3 is 0.602 bits per heavy atom. The van der Waals surface area contributed by atoms with Crippen molar-refractivity contribution in [2.24, 2.45) is 23.7 Å². The predicted molar refractivity (Wildman–Crippen MR) is 361 cm³/mol. The minimum atomic E-state index is -1.50. The molecule has 4 aliphatic heterocycles. The van der Waals surface area contributed by atoms with Crippen LogP contribution in [0.4, 0.5) is 0 Å². The highest BCUT2D eigenvalue weighted by molar-refractivity contribution is 5.84. The van der Waals surface area contributed by atoms with E-state index in [1.165, 1.54) is 0 Å². The van der Waals surface area contributed by atoms with Crippen LogP contribution in [0.5, 0.6) is 0 Å². The van der Waals surface area contributed by atoms with E-state index in [0.29, 0.717) is 22.3 Å². The van der Waals surface area contributed by atoms with Crippen molar-refractivity contribution < 1.29 is 76.5 Å². The SMILES string of the molecule is C.C[N+]1(C)CC[C@@H](OC(=O)[C@@](O)(c2ccccc2)C2CCCC2)C1.C[N+]1(C)CC[C@@H](OC(=O)[C@](O)(c2ccccc2)C2CCCC2)C1.C[N+]1(C)CC[C@H](OC(=O)[C@@](O)(c2ccccc2)C2CCCC2)C1.C[N+]1(C)CC[C@H](OC(=O)[C@](O)(c2ccccc2)C2CCCC2)C1. The second-order valence-electron chi connectivity index (χ2n) is 31.1. The van der Waals surface area contributed by atoms with Crippen molar-refractivity contribution in [2.45, 2.75) is 183 Å². The van der Waals surface area contributed by atoms with Gasteiger partial charge in [0.2, 0.25) is 0 Å². The van der Waals surface area contributed by atoms with Crippen molar-refractivity contribution in [2.75, 3.05) is 109 Å². The van der Waals surface area contributed by atoms with Gasteiger partial charge in [0.25, 0.3) is 0 Å². The number of hydrogen-bond acceptors (Lipinski definition) is 12. The average Bonchev–Trinajstić information content (AvgIpc) is 1.79. The van der Waals surface area contributed by atoms with Crippen LogP contribution >= 0.6 is 0 Å². The van der Waals surface area contributed by atoms with E-state index in [9.17, 15) is 39.6 Å². The summed E-state index contributed by atoms with van der Waals surface area (Å²) in [6, 6.07) is 37.3. The molecule has 4 aromatic rings. The first-order valence-electron chi connectivity index (χ1n) is 34.9. The molecule has 4 saturated carbocycles. The number of ether oxygens (including phenoxy) is 4. The van der Waals surface area contributed by atoms with Crippen LogP contribution in [0.25, 0.3) is 0 Å². The lowest BCUT2D eigenvalue weighted by molar-refractivity contribution is -0.879. The van der Waals surface area contributed by atoms with Crippen molar-refractivity contribution in [3.63, 3.8) is 0 Å². The van der Waals surface area contributed by atoms with Gasteiger partial charge in [0, 0.05) is 49.4 Å². The molecule has 8 atom stereocenters. The lowest BCUT2D eigenvalue weighted by atomic mass is 9.80. The summed E-state index contributed by atoms with van der Waals surface area (Å²) in [4.78, 5) is 51.8. The van der Waals surface area contributed by atoms with Gasteiger partial charge < -0.3 is 57.3 Å². The van der Waals surface area contributed by atoms with Gasteiger partial charge >= 0.3 is 23.9 Å². The van der Waals surface area contributed by atoms with Gasteiger partial charge in [-0.25, -0.2) is 19.2 Å². The van der Waals surface area contributed by atoms with Crippen LogP contribution in [0, 0.1) is 23.7 Å². The number of aliphatic hydroxyl groups is 4. The molecule has 93 heavy (non-hydrogen) atoms. The summed E-state index contributed by atoms with van der Waals surface area (Å²) < 4.78 is 26.6. The summed E-state index contributed by atoms with van der Waals surface area (Å²) in [7, 11) is 17.2. The number of likely N-dealkylation sites (tertiary alicyclic amines) is 4. The predicted octanol–water partition coefficient (Wildman–Crippen LogP) is 10.5. The lowest BCUT2D eigenvalue weighted by Crippen LogP contribution is -2.46. The minimum Gasteiger partial charge on any atom is -0.454 e. The summed E-state index contributed by atoms with van der Waals surface area (Å²) >= 11 is 0. The third-order valence-electron chi connectivity index (χ3n) is 22.0. The second kappa shape index (κ2) is 31.1. The van der Waals surface area contributed by atoms with E-state index in [0.717, 1.165) is 199 Å². The Hall–Kier alpha value is -5.56. The van der Waals surface area contributed by atoms with E-state index < -0.39 is 46.3 Å². The number of hydrogen-bond donors (Lipinski definition) is 4. The highest BCUT2D eigenvalue weighted by Crippen LogP contribution is 2.46. The molecule has 4 saturated heterocycles. The zero-order chi connectivity index (χ0) is 66.0. The molecular weight excluding hydrogens is 1170 g/mol. The Morgan fingerprint density at radius 1 is 0.301 bits per heavy atom. The van der Waals surface area contributed by atoms with Crippen LogP contribution in [0.1, 0.15) is 158 Å². The van der Waals surface area contributed by atoms with Crippen molar-refractivity contribution in [1.29, 1.82) is 0 Å². The highest BCUT2D eigenvalue weighted by Gasteiger charge is 2.54. The summed E-state index contributed by atoms with van der Waals surface area (Å²) in [5.41, 5.74) is -3.33. The molecule has 0 aromatic heterocycles. The summed E-state index contributed by atoms with van der Waals surface area (Å²) in [6.45, 7) is 7.30. The molecule has 12 rings (SSSR count). The number of benzene rings is 4.